The Hall–Kier alpha value is -1.81. The van der Waals surface area contributed by atoms with Gasteiger partial charge in [-0.15, -0.1) is 0 Å². The van der Waals surface area contributed by atoms with Crippen LogP contribution in [0.1, 0.15) is 30.9 Å². The third kappa shape index (κ3) is 2.81. The first-order valence-electron chi connectivity index (χ1n) is 7.62. The fourth-order valence-corrected chi connectivity index (χ4v) is 3.23. The lowest BCUT2D eigenvalue weighted by Crippen LogP contribution is -2.41. The summed E-state index contributed by atoms with van der Waals surface area (Å²) in [5, 5.41) is 0. The van der Waals surface area contributed by atoms with Crippen LogP contribution in [0.3, 0.4) is 0 Å². The number of aryl methyl sites for hydroxylation is 1. The SMILES string of the molecule is C/C(C(=O)N1CCOCC1)=C1/CCCc2cc(N)ccc21. The second-order valence-electron chi connectivity index (χ2n) is 5.78. The highest BCUT2D eigenvalue weighted by molar-refractivity contribution is 6.01. The van der Waals surface area contributed by atoms with Crippen molar-refractivity contribution in [2.24, 2.45) is 0 Å². The molecule has 1 saturated heterocycles. The molecule has 1 amide bonds. The summed E-state index contributed by atoms with van der Waals surface area (Å²) in [5.41, 5.74) is 11.2. The number of anilines is 1. The first-order chi connectivity index (χ1) is 10.2. The number of carbonyl (C=O) groups is 1. The molecule has 2 aliphatic rings. The van der Waals surface area contributed by atoms with E-state index in [9.17, 15) is 4.79 Å². The van der Waals surface area contributed by atoms with E-state index in [2.05, 4.69) is 6.07 Å². The van der Waals surface area contributed by atoms with Gasteiger partial charge in [-0.05, 0) is 55.0 Å². The van der Waals surface area contributed by atoms with E-state index < -0.39 is 0 Å². The minimum Gasteiger partial charge on any atom is -0.399 e. The Balaban J connectivity index is 1.93. The molecule has 0 unspecified atom stereocenters. The molecule has 1 aliphatic carbocycles. The molecule has 1 heterocycles. The first kappa shape index (κ1) is 14.1. The number of allylic oxidation sites excluding steroid dienone is 1. The van der Waals surface area contributed by atoms with Gasteiger partial charge in [-0.1, -0.05) is 6.07 Å². The Morgan fingerprint density at radius 3 is 2.76 bits per heavy atom. The van der Waals surface area contributed by atoms with Gasteiger partial charge in [0, 0.05) is 24.4 Å². The van der Waals surface area contributed by atoms with Crippen LogP contribution in [0.2, 0.25) is 0 Å². The summed E-state index contributed by atoms with van der Waals surface area (Å²) in [6.07, 6.45) is 3.10. The lowest BCUT2D eigenvalue weighted by atomic mass is 9.84. The van der Waals surface area contributed by atoms with Crippen LogP contribution in [-0.2, 0) is 16.0 Å². The van der Waals surface area contributed by atoms with Crippen molar-refractivity contribution in [1.82, 2.24) is 4.90 Å². The lowest BCUT2D eigenvalue weighted by Gasteiger charge is -2.29. The van der Waals surface area contributed by atoms with Gasteiger partial charge < -0.3 is 15.4 Å². The van der Waals surface area contributed by atoms with Crippen LogP contribution >= 0.6 is 0 Å². The maximum absolute atomic E-state index is 12.7. The molecule has 1 fully saturated rings. The molecule has 2 N–H and O–H groups in total. The Labute approximate surface area is 125 Å². The molecule has 0 saturated carbocycles. The van der Waals surface area contributed by atoms with Gasteiger partial charge in [0.2, 0.25) is 5.91 Å². The topological polar surface area (TPSA) is 55.6 Å². The predicted molar refractivity (Wildman–Crippen MR) is 83.8 cm³/mol. The van der Waals surface area contributed by atoms with Crippen molar-refractivity contribution in [3.63, 3.8) is 0 Å². The highest BCUT2D eigenvalue weighted by atomic mass is 16.5. The summed E-state index contributed by atoms with van der Waals surface area (Å²) in [6.45, 7) is 4.62. The summed E-state index contributed by atoms with van der Waals surface area (Å²) in [6, 6.07) is 6.03. The van der Waals surface area contributed by atoms with Crippen LogP contribution in [0.15, 0.2) is 23.8 Å². The van der Waals surface area contributed by atoms with E-state index in [0.29, 0.717) is 26.3 Å². The Morgan fingerprint density at radius 2 is 2.00 bits per heavy atom. The molecule has 0 spiro atoms. The maximum Gasteiger partial charge on any atom is 0.249 e. The monoisotopic (exact) mass is 286 g/mol. The summed E-state index contributed by atoms with van der Waals surface area (Å²) >= 11 is 0. The van der Waals surface area contributed by atoms with E-state index >= 15 is 0 Å². The minimum atomic E-state index is 0.151. The lowest BCUT2D eigenvalue weighted by molar-refractivity contribution is -0.131. The Bertz CT molecular complexity index is 586. The van der Waals surface area contributed by atoms with Gasteiger partial charge in [-0.3, -0.25) is 4.79 Å². The van der Waals surface area contributed by atoms with Crippen LogP contribution in [0.25, 0.3) is 5.57 Å². The number of carbonyl (C=O) groups excluding carboxylic acids is 1. The van der Waals surface area contributed by atoms with Gasteiger partial charge >= 0.3 is 0 Å². The molecule has 0 bridgehead atoms. The zero-order valence-corrected chi connectivity index (χ0v) is 12.5. The number of amides is 1. The van der Waals surface area contributed by atoms with Gasteiger partial charge in [0.25, 0.3) is 0 Å². The van der Waals surface area contributed by atoms with Crippen LogP contribution in [-0.4, -0.2) is 37.1 Å². The maximum atomic E-state index is 12.7. The van der Waals surface area contributed by atoms with Crippen molar-refractivity contribution in [3.8, 4) is 0 Å². The smallest absolute Gasteiger partial charge is 0.249 e. The number of hydrogen-bond acceptors (Lipinski definition) is 3. The molecule has 0 radical (unpaired) electrons. The average molecular weight is 286 g/mol. The van der Waals surface area contributed by atoms with Crippen molar-refractivity contribution in [3.05, 3.63) is 34.9 Å². The van der Waals surface area contributed by atoms with E-state index in [1.54, 1.807) is 0 Å². The molecule has 21 heavy (non-hydrogen) atoms. The number of nitrogens with zero attached hydrogens (tertiary/aromatic N) is 1. The van der Waals surface area contributed by atoms with Gasteiger partial charge in [-0.25, -0.2) is 0 Å². The third-order valence-corrected chi connectivity index (χ3v) is 4.40. The minimum absolute atomic E-state index is 0.151. The van der Waals surface area contributed by atoms with E-state index in [4.69, 9.17) is 10.5 Å². The molecule has 3 rings (SSSR count). The highest BCUT2D eigenvalue weighted by Crippen LogP contribution is 2.34. The molecule has 0 aromatic heterocycles. The Kier molecular flexibility index (Phi) is 3.97. The predicted octanol–water partition coefficient (Wildman–Crippen LogP) is 2.24. The van der Waals surface area contributed by atoms with Crippen molar-refractivity contribution in [2.75, 3.05) is 32.0 Å². The molecule has 1 aliphatic heterocycles. The number of morpholine rings is 1. The molecule has 1 aromatic carbocycles. The molecule has 0 atom stereocenters. The molecular formula is C17H22N2O2. The Morgan fingerprint density at radius 1 is 1.24 bits per heavy atom. The first-order valence-corrected chi connectivity index (χ1v) is 7.62. The van der Waals surface area contributed by atoms with Gasteiger partial charge in [0.1, 0.15) is 0 Å². The number of fused-ring (bicyclic) bond motifs is 1. The summed E-state index contributed by atoms with van der Waals surface area (Å²) in [5.74, 6) is 0.151. The molecular weight excluding hydrogens is 264 g/mol. The summed E-state index contributed by atoms with van der Waals surface area (Å²) in [7, 11) is 0. The number of ether oxygens (including phenoxy) is 1. The van der Waals surface area contributed by atoms with Crippen molar-refractivity contribution in [2.45, 2.75) is 26.2 Å². The average Bonchev–Trinajstić information content (AvgIpc) is 2.53. The number of benzene rings is 1. The molecule has 112 valence electrons. The number of nitrogens with two attached hydrogens (primary N) is 1. The third-order valence-electron chi connectivity index (χ3n) is 4.40. The zero-order valence-electron chi connectivity index (χ0n) is 12.5. The van der Waals surface area contributed by atoms with Crippen molar-refractivity contribution < 1.29 is 9.53 Å². The standard InChI is InChI=1S/C17H22N2O2/c1-12(17(20)19-7-9-21-10-8-19)15-4-2-3-13-11-14(18)5-6-16(13)15/h5-6,11H,2-4,7-10,18H2,1H3/b15-12+. The van der Waals surface area contributed by atoms with Crippen LogP contribution < -0.4 is 5.73 Å². The highest BCUT2D eigenvalue weighted by Gasteiger charge is 2.23. The fourth-order valence-electron chi connectivity index (χ4n) is 3.23. The normalized spacial score (nSPS) is 20.9. The van der Waals surface area contributed by atoms with Crippen molar-refractivity contribution in [1.29, 1.82) is 0 Å². The quantitative estimate of drug-likeness (QED) is 0.636. The largest absolute Gasteiger partial charge is 0.399 e. The van der Waals surface area contributed by atoms with Gasteiger partial charge in [-0.2, -0.15) is 0 Å². The second kappa shape index (κ2) is 5.90. The van der Waals surface area contributed by atoms with Crippen LogP contribution in [0, 0.1) is 0 Å². The summed E-state index contributed by atoms with van der Waals surface area (Å²) < 4.78 is 5.32. The fraction of sp³-hybridized carbons (Fsp3) is 0.471. The number of nitrogen functional groups attached to an aromatic ring is 1. The number of hydrogen-bond donors (Lipinski definition) is 1. The second-order valence-corrected chi connectivity index (χ2v) is 5.78. The summed E-state index contributed by atoms with van der Waals surface area (Å²) in [4.78, 5) is 14.6. The van der Waals surface area contributed by atoms with E-state index in [1.807, 2.05) is 24.0 Å². The zero-order chi connectivity index (χ0) is 14.8. The van der Waals surface area contributed by atoms with Gasteiger partial charge in [0.05, 0.1) is 13.2 Å². The van der Waals surface area contributed by atoms with E-state index in [0.717, 1.165) is 30.5 Å². The molecule has 1 aromatic rings. The number of rotatable bonds is 1. The van der Waals surface area contributed by atoms with Crippen LogP contribution in [0.4, 0.5) is 5.69 Å². The van der Waals surface area contributed by atoms with Gasteiger partial charge in [0.15, 0.2) is 0 Å². The van der Waals surface area contributed by atoms with Crippen LogP contribution in [0.5, 0.6) is 0 Å². The van der Waals surface area contributed by atoms with E-state index in [1.165, 1.54) is 16.7 Å². The molecule has 4 nitrogen and oxygen atoms in total. The van der Waals surface area contributed by atoms with E-state index in [-0.39, 0.29) is 5.91 Å². The van der Waals surface area contributed by atoms with Crippen molar-refractivity contribution >= 4 is 17.2 Å². The molecule has 4 heteroatoms.